The third-order valence-electron chi connectivity index (χ3n) is 27.4. The van der Waals surface area contributed by atoms with Gasteiger partial charge >= 0.3 is 0 Å². The van der Waals surface area contributed by atoms with Gasteiger partial charge < -0.3 is 0 Å². The van der Waals surface area contributed by atoms with Crippen LogP contribution in [0.3, 0.4) is 0 Å². The molecule has 145 heavy (non-hydrogen) atoms. The normalized spacial score (nSPS) is 11.7. The monoisotopic (exact) mass is 1850 g/mol. The number of hydrogen-bond donors (Lipinski definition) is 0. The Morgan fingerprint density at radius 2 is 0.476 bits per heavy atom. The molecule has 4 aromatic heterocycles. The highest BCUT2D eigenvalue weighted by Crippen LogP contribution is 2.55. The lowest BCUT2D eigenvalue weighted by Crippen LogP contribution is -2.15. The highest BCUT2D eigenvalue weighted by Gasteiger charge is 2.38. The van der Waals surface area contributed by atoms with E-state index in [4.69, 9.17) is 56.5 Å². The fourth-order valence-corrected chi connectivity index (χ4v) is 20.6. The lowest BCUT2D eigenvalue weighted by atomic mass is 9.80. The summed E-state index contributed by atoms with van der Waals surface area (Å²) < 4.78 is 0. The molecule has 0 saturated heterocycles. The van der Waals surface area contributed by atoms with Gasteiger partial charge in [-0.25, -0.2) is 49.7 Å². The van der Waals surface area contributed by atoms with Gasteiger partial charge in [0, 0.05) is 77.7 Å². The zero-order valence-corrected chi connectivity index (χ0v) is 78.9. The molecule has 0 amide bonds. The van der Waals surface area contributed by atoms with E-state index in [9.17, 15) is 5.26 Å². The number of hydrogen-bond acceptors (Lipinski definition) is 12. The van der Waals surface area contributed by atoms with E-state index in [-0.39, 0.29) is 5.41 Å². The van der Waals surface area contributed by atoms with Crippen LogP contribution in [-0.4, -0.2) is 55.1 Å². The van der Waals surface area contributed by atoms with Crippen molar-refractivity contribution in [2.45, 2.75) is 19.3 Å². The summed E-state index contributed by atoms with van der Waals surface area (Å²) in [5.74, 6) is 5.57. The van der Waals surface area contributed by atoms with Gasteiger partial charge in [-0.1, -0.05) is 469 Å². The van der Waals surface area contributed by atoms with E-state index in [1.165, 1.54) is 16.5 Å². The lowest BCUT2D eigenvalue weighted by Gasteiger charge is -2.23. The van der Waals surface area contributed by atoms with Gasteiger partial charge in [-0.2, -0.15) is 5.26 Å². The predicted octanol–water partition coefficient (Wildman–Crippen LogP) is 33.1. The van der Waals surface area contributed by atoms with Crippen molar-refractivity contribution in [3.8, 4) is 187 Å². The van der Waals surface area contributed by atoms with E-state index in [1.54, 1.807) is 0 Å². The Balaban J connectivity index is 0.000000118. The van der Waals surface area contributed by atoms with Gasteiger partial charge in [-0.3, -0.25) is 0 Å². The van der Waals surface area contributed by atoms with Crippen LogP contribution in [0.15, 0.2) is 479 Å². The molecule has 0 radical (unpaired) electrons. The van der Waals surface area contributed by atoms with Crippen molar-refractivity contribution >= 4 is 70.3 Å². The molecular formula is C132H85N13. The molecule has 13 heteroatoms. The highest BCUT2D eigenvalue weighted by molar-refractivity contribution is 6.24. The molecule has 0 bridgehead atoms. The van der Waals surface area contributed by atoms with Crippen LogP contribution in [0.5, 0.6) is 0 Å². The molecule has 0 atom stereocenters. The van der Waals surface area contributed by atoms with Crippen LogP contribution in [-0.2, 0) is 5.41 Å². The number of nitriles is 1. The Hall–Kier alpha value is -19.7. The van der Waals surface area contributed by atoms with E-state index >= 15 is 0 Å². The summed E-state index contributed by atoms with van der Waals surface area (Å²) in [5, 5.41) is 32.6. The van der Waals surface area contributed by atoms with Crippen molar-refractivity contribution in [1.82, 2.24) is 55.1 Å². The molecule has 13 nitrogen and oxygen atoms in total. The minimum Gasteiger partial charge on any atom is -0.238 e. The lowest BCUT2D eigenvalue weighted by molar-refractivity contribution is 0.663. The Bertz CT molecular complexity index is 9200. The van der Waals surface area contributed by atoms with Crippen molar-refractivity contribution in [3.63, 3.8) is 0 Å². The van der Waals surface area contributed by atoms with E-state index in [0.29, 0.717) is 58.0 Å². The summed E-state index contributed by atoms with van der Waals surface area (Å²) in [6.45, 7) is 12.3. The fourth-order valence-electron chi connectivity index (χ4n) is 20.6. The van der Waals surface area contributed by atoms with Crippen molar-refractivity contribution in [1.29, 1.82) is 5.26 Å². The standard InChI is InChI=1S/C51H34N4.C42H26N4.C39H25N5/c1-51(2)43-31-36(29-30-39(43)42-23-14-24-44(52-3)47(42)51)32-25-27-33(28-26-32)45-40-21-12-10-19-37(40)38-20-11-13-22-41(38)46(45)50-54-48(34-15-6-4-7-16-34)53-49(55-50)35-17-8-5-9-18-35;43-27-32-17-7-8-18-33(32)28-23-25-29(26-24-28)38-36-21-11-9-19-34(36)35-20-10-12-22-37(35)39(38)42-45-40(30-13-3-1-4-14-30)44-41(46-42)31-15-5-2-6-16-31;1-4-14-26(15-5-1)33-24-25-34(44-43-33)35-31-22-12-10-20-29(31)30-21-11-13-23-32(30)36(35)39-41-37(27-16-6-2-7-17-27)40-38(42-39)28-18-8-3-9-19-28/h4-31H,1-2H3;1-26H;1-25H. The van der Waals surface area contributed by atoms with Crippen LogP contribution < -0.4 is 0 Å². The fraction of sp³-hybridized carbons (Fsp3) is 0.0227. The SMILES string of the molecule is N#Cc1ccccc1-c1ccc(-c2c(-c3nc(-c4ccccc4)nc(-c4ccccc4)n3)c3ccccc3c3ccccc23)cc1.[C-]#[N+]c1cccc2c1C(C)(C)c1cc(-c3ccc(-c4c(-c5nc(-c6ccccc6)nc(-c6ccccc6)n5)c5ccccc5c5ccccc45)cc3)ccc1-2.c1ccc(-c2ccc(-c3c(-c4nc(-c5ccccc5)nc(-c5ccccc5)n4)c4ccccc4c4ccccc34)nn2)cc1. The predicted molar refractivity (Wildman–Crippen MR) is 590 cm³/mol. The van der Waals surface area contributed by atoms with Crippen LogP contribution >= 0.6 is 0 Å². The first-order valence-corrected chi connectivity index (χ1v) is 48.3. The smallest absolute Gasteiger partial charge is 0.191 e. The quantitative estimate of drug-likeness (QED) is 0.0704. The van der Waals surface area contributed by atoms with E-state index in [2.05, 4.69) is 273 Å². The Morgan fingerprint density at radius 3 is 0.821 bits per heavy atom. The summed E-state index contributed by atoms with van der Waals surface area (Å²) in [5.41, 5.74) is 26.2. The topological polar surface area (TPSA) is 170 Å². The van der Waals surface area contributed by atoms with Gasteiger partial charge in [0.2, 0.25) is 0 Å². The Kier molecular flexibility index (Phi) is 23.2. The zero-order valence-electron chi connectivity index (χ0n) is 78.9. The van der Waals surface area contributed by atoms with Crippen LogP contribution in [0.25, 0.3) is 250 Å². The molecule has 0 fully saturated rings. The molecule has 4 heterocycles. The molecule has 0 N–H and O–H groups in total. The molecule has 25 aromatic rings. The van der Waals surface area contributed by atoms with Crippen molar-refractivity contribution in [2.24, 2.45) is 0 Å². The van der Waals surface area contributed by atoms with Crippen LogP contribution in [0, 0.1) is 17.9 Å². The number of nitrogens with zero attached hydrogens (tertiary/aromatic N) is 13. The molecule has 1 aliphatic rings. The van der Waals surface area contributed by atoms with Gasteiger partial charge in [0.1, 0.15) is 0 Å². The molecule has 0 spiro atoms. The summed E-state index contributed by atoms with van der Waals surface area (Å²) in [6, 6.07) is 166. The van der Waals surface area contributed by atoms with Gasteiger partial charge in [0.05, 0.1) is 29.6 Å². The van der Waals surface area contributed by atoms with Crippen LogP contribution in [0.4, 0.5) is 5.69 Å². The van der Waals surface area contributed by atoms with Crippen molar-refractivity contribution in [2.75, 3.05) is 0 Å². The molecule has 0 saturated carbocycles. The first kappa shape index (κ1) is 88.0. The van der Waals surface area contributed by atoms with E-state index < -0.39 is 0 Å². The number of benzene rings is 21. The van der Waals surface area contributed by atoms with Crippen LogP contribution in [0.2, 0.25) is 0 Å². The van der Waals surface area contributed by atoms with Gasteiger partial charge in [0.15, 0.2) is 58.1 Å². The highest BCUT2D eigenvalue weighted by atomic mass is 15.1. The molecule has 0 aliphatic heterocycles. The number of rotatable bonds is 15. The van der Waals surface area contributed by atoms with Crippen molar-refractivity contribution < 1.29 is 0 Å². The molecule has 21 aromatic carbocycles. The molecule has 26 rings (SSSR count). The summed E-state index contributed by atoms with van der Waals surface area (Å²) in [4.78, 5) is 49.9. The maximum Gasteiger partial charge on any atom is 0.191 e. The number of fused-ring (bicyclic) bond motifs is 12. The maximum atomic E-state index is 9.73. The minimum absolute atomic E-state index is 0.275. The largest absolute Gasteiger partial charge is 0.238 e. The first-order valence-electron chi connectivity index (χ1n) is 48.3. The maximum absolute atomic E-state index is 9.73. The third kappa shape index (κ3) is 16.6. The minimum atomic E-state index is -0.275. The third-order valence-corrected chi connectivity index (χ3v) is 27.4. The van der Waals surface area contributed by atoms with E-state index in [0.717, 1.165) is 193 Å². The van der Waals surface area contributed by atoms with E-state index in [1.807, 2.05) is 237 Å². The van der Waals surface area contributed by atoms with Crippen LogP contribution in [0.1, 0.15) is 30.5 Å². The Morgan fingerprint density at radius 1 is 0.207 bits per heavy atom. The second-order valence-electron chi connectivity index (χ2n) is 36.3. The molecular weight excluding hydrogens is 1770 g/mol. The van der Waals surface area contributed by atoms with Gasteiger partial charge in [-0.05, 0) is 145 Å². The van der Waals surface area contributed by atoms with Gasteiger partial charge in [0.25, 0.3) is 0 Å². The number of aromatic nitrogens is 11. The first-order chi connectivity index (χ1) is 71.6. The van der Waals surface area contributed by atoms with Crippen molar-refractivity contribution in [3.05, 3.63) is 507 Å². The zero-order chi connectivity index (χ0) is 97.3. The Labute approximate surface area is 838 Å². The summed E-state index contributed by atoms with van der Waals surface area (Å²) >= 11 is 0. The molecule has 1 aliphatic carbocycles. The van der Waals surface area contributed by atoms with Gasteiger partial charge in [-0.15, -0.1) is 10.2 Å². The summed E-state index contributed by atoms with van der Waals surface area (Å²) in [7, 11) is 0. The molecule has 678 valence electrons. The summed E-state index contributed by atoms with van der Waals surface area (Å²) in [6.07, 6.45) is 0. The molecule has 0 unspecified atom stereocenters. The average Bonchev–Trinajstić information content (AvgIpc) is 1.42. The second kappa shape index (κ2) is 38.2. The second-order valence-corrected chi connectivity index (χ2v) is 36.3. The average molecular weight is 1850 g/mol.